The summed E-state index contributed by atoms with van der Waals surface area (Å²) < 4.78 is 1.53. The fourth-order valence-electron chi connectivity index (χ4n) is 3.32. The highest BCUT2D eigenvalue weighted by Crippen LogP contribution is 2.21. The zero-order valence-corrected chi connectivity index (χ0v) is 16.3. The smallest absolute Gasteiger partial charge is 0.253 e. The quantitative estimate of drug-likeness (QED) is 0.713. The summed E-state index contributed by atoms with van der Waals surface area (Å²) in [4.78, 5) is 35.3. The summed E-state index contributed by atoms with van der Waals surface area (Å²) in [6, 6.07) is 10.3. The molecule has 29 heavy (non-hydrogen) atoms. The molecule has 1 N–H and O–H groups in total. The molecule has 8 nitrogen and oxygen atoms in total. The van der Waals surface area contributed by atoms with E-state index < -0.39 is 0 Å². The number of aromatic nitrogens is 4. The van der Waals surface area contributed by atoms with E-state index in [1.54, 1.807) is 53.8 Å². The Labute approximate surface area is 172 Å². The number of anilines is 1. The third-order valence-electron chi connectivity index (χ3n) is 4.84. The van der Waals surface area contributed by atoms with Gasteiger partial charge in [0.2, 0.25) is 5.91 Å². The second-order valence-corrected chi connectivity index (χ2v) is 7.27. The molecule has 1 aliphatic rings. The van der Waals surface area contributed by atoms with Crippen molar-refractivity contribution in [2.75, 3.05) is 18.4 Å². The molecule has 3 aromatic rings. The van der Waals surface area contributed by atoms with Gasteiger partial charge in [-0.3, -0.25) is 9.59 Å². The summed E-state index contributed by atoms with van der Waals surface area (Å²) >= 11 is 5.89. The van der Waals surface area contributed by atoms with Crippen LogP contribution in [0.15, 0.2) is 55.2 Å². The molecule has 0 radical (unpaired) electrons. The number of nitrogens with one attached hydrogen (secondary N) is 1. The number of piperidine rings is 1. The fourth-order valence-corrected chi connectivity index (χ4v) is 3.44. The van der Waals surface area contributed by atoms with Crippen LogP contribution in [0.2, 0.25) is 5.02 Å². The van der Waals surface area contributed by atoms with Crippen molar-refractivity contribution >= 4 is 29.1 Å². The number of halogens is 1. The van der Waals surface area contributed by atoms with Gasteiger partial charge in [0.25, 0.3) is 5.91 Å². The average Bonchev–Trinajstić information content (AvgIpc) is 3.29. The van der Waals surface area contributed by atoms with E-state index in [0.717, 1.165) is 12.8 Å². The highest BCUT2D eigenvalue weighted by molar-refractivity contribution is 6.30. The molecule has 0 bridgehead atoms. The van der Waals surface area contributed by atoms with Crippen molar-refractivity contribution in [2.24, 2.45) is 5.92 Å². The molecule has 9 heteroatoms. The minimum absolute atomic E-state index is 0.0852. The largest absolute Gasteiger partial charge is 0.338 e. The number of likely N-dealkylation sites (tertiary alicyclic amines) is 1. The van der Waals surface area contributed by atoms with Crippen LogP contribution in [-0.2, 0) is 4.79 Å². The predicted molar refractivity (Wildman–Crippen MR) is 108 cm³/mol. The summed E-state index contributed by atoms with van der Waals surface area (Å²) in [5, 5.41) is 7.49. The maximum atomic E-state index is 12.7. The number of pyridine rings is 1. The van der Waals surface area contributed by atoms with Crippen LogP contribution in [-0.4, -0.2) is 49.6 Å². The Morgan fingerprint density at radius 3 is 2.66 bits per heavy atom. The molecule has 2 aromatic heterocycles. The summed E-state index contributed by atoms with van der Waals surface area (Å²) in [6.07, 6.45) is 6.07. The van der Waals surface area contributed by atoms with Gasteiger partial charge in [0.05, 0.1) is 17.8 Å². The molecule has 1 aliphatic heterocycles. The van der Waals surface area contributed by atoms with E-state index >= 15 is 0 Å². The van der Waals surface area contributed by atoms with Gasteiger partial charge in [0.1, 0.15) is 12.7 Å². The molecule has 1 atom stereocenters. The molecule has 148 valence electrons. The lowest BCUT2D eigenvalue weighted by molar-refractivity contribution is -0.121. The van der Waals surface area contributed by atoms with Crippen LogP contribution in [0.3, 0.4) is 0 Å². The van der Waals surface area contributed by atoms with Crippen molar-refractivity contribution in [1.82, 2.24) is 24.6 Å². The minimum atomic E-state index is -0.269. The Morgan fingerprint density at radius 2 is 1.97 bits per heavy atom. The number of rotatable bonds is 4. The molecule has 3 heterocycles. The van der Waals surface area contributed by atoms with Gasteiger partial charge >= 0.3 is 0 Å². The van der Waals surface area contributed by atoms with Crippen molar-refractivity contribution in [3.63, 3.8) is 0 Å². The van der Waals surface area contributed by atoms with Gasteiger partial charge in [0, 0.05) is 23.7 Å². The highest BCUT2D eigenvalue weighted by Gasteiger charge is 2.29. The number of benzene rings is 1. The van der Waals surface area contributed by atoms with E-state index in [0.29, 0.717) is 35.2 Å². The Hall–Kier alpha value is -3.26. The predicted octanol–water partition coefficient (Wildman–Crippen LogP) is 2.81. The van der Waals surface area contributed by atoms with Gasteiger partial charge in [-0.25, -0.2) is 14.6 Å². The number of nitrogens with zero attached hydrogens (tertiary/aromatic N) is 5. The van der Waals surface area contributed by atoms with Crippen molar-refractivity contribution in [1.29, 1.82) is 0 Å². The maximum Gasteiger partial charge on any atom is 0.253 e. The fraction of sp³-hybridized carbons (Fsp3) is 0.250. The topological polar surface area (TPSA) is 93.0 Å². The SMILES string of the molecule is O=C(Nc1ccc(-n2cncn2)nc1)C1CCCN(C(=O)c2ccc(Cl)cc2)C1. The van der Waals surface area contributed by atoms with Crippen LogP contribution in [0.4, 0.5) is 5.69 Å². The van der Waals surface area contributed by atoms with Gasteiger partial charge in [-0.05, 0) is 49.2 Å². The lowest BCUT2D eigenvalue weighted by Crippen LogP contribution is -2.43. The van der Waals surface area contributed by atoms with Crippen molar-refractivity contribution in [3.05, 3.63) is 65.8 Å². The Bertz CT molecular complexity index is 989. The Balaban J connectivity index is 1.38. The van der Waals surface area contributed by atoms with Crippen LogP contribution in [0, 0.1) is 5.92 Å². The number of hydrogen-bond acceptors (Lipinski definition) is 5. The molecule has 1 aromatic carbocycles. The first kappa shape index (κ1) is 19.1. The summed E-state index contributed by atoms with van der Waals surface area (Å²) in [5.74, 6) is 0.139. The van der Waals surface area contributed by atoms with Crippen LogP contribution >= 0.6 is 11.6 Å². The maximum absolute atomic E-state index is 12.7. The van der Waals surface area contributed by atoms with E-state index in [1.807, 2.05) is 0 Å². The molecule has 0 saturated carbocycles. The molecule has 0 aliphatic carbocycles. The third-order valence-corrected chi connectivity index (χ3v) is 5.09. The van der Waals surface area contributed by atoms with E-state index in [1.165, 1.54) is 11.0 Å². The Kier molecular flexibility index (Phi) is 5.53. The van der Waals surface area contributed by atoms with E-state index in [2.05, 4.69) is 20.4 Å². The van der Waals surface area contributed by atoms with E-state index in [-0.39, 0.29) is 17.7 Å². The van der Waals surface area contributed by atoms with Gasteiger partial charge in [-0.15, -0.1) is 0 Å². The molecule has 1 unspecified atom stereocenters. The van der Waals surface area contributed by atoms with Crippen LogP contribution in [0.5, 0.6) is 0 Å². The zero-order valence-electron chi connectivity index (χ0n) is 15.5. The van der Waals surface area contributed by atoms with Crippen LogP contribution in [0.1, 0.15) is 23.2 Å². The zero-order chi connectivity index (χ0) is 20.2. The van der Waals surface area contributed by atoms with Crippen LogP contribution < -0.4 is 5.32 Å². The second-order valence-electron chi connectivity index (χ2n) is 6.83. The summed E-state index contributed by atoms with van der Waals surface area (Å²) in [7, 11) is 0. The normalized spacial score (nSPS) is 16.4. The number of carbonyl (C=O) groups excluding carboxylic acids is 2. The first-order valence-corrected chi connectivity index (χ1v) is 9.65. The second kappa shape index (κ2) is 8.40. The molecule has 0 spiro atoms. The standard InChI is InChI=1S/C20H19ClN6O2/c21-16-5-3-14(4-6-16)20(29)26-9-1-2-15(11-26)19(28)25-17-7-8-18(23-10-17)27-13-22-12-24-27/h3-8,10,12-13,15H,1-2,9,11H2,(H,25,28). The molecule has 4 rings (SSSR count). The van der Waals surface area contributed by atoms with Gasteiger partial charge in [0.15, 0.2) is 5.82 Å². The Morgan fingerprint density at radius 1 is 1.14 bits per heavy atom. The van der Waals surface area contributed by atoms with Crippen molar-refractivity contribution in [2.45, 2.75) is 12.8 Å². The third kappa shape index (κ3) is 4.43. The van der Waals surface area contributed by atoms with Crippen molar-refractivity contribution in [3.8, 4) is 5.82 Å². The average molecular weight is 411 g/mol. The number of amides is 2. The number of carbonyl (C=O) groups is 2. The summed E-state index contributed by atoms with van der Waals surface area (Å²) in [6.45, 7) is 1.02. The number of hydrogen-bond donors (Lipinski definition) is 1. The van der Waals surface area contributed by atoms with Gasteiger partial charge in [-0.1, -0.05) is 11.6 Å². The molecular formula is C20H19ClN6O2. The lowest BCUT2D eigenvalue weighted by Gasteiger charge is -2.32. The van der Waals surface area contributed by atoms with E-state index in [4.69, 9.17) is 11.6 Å². The highest BCUT2D eigenvalue weighted by atomic mass is 35.5. The summed E-state index contributed by atoms with van der Waals surface area (Å²) in [5.41, 5.74) is 1.17. The molecule has 1 saturated heterocycles. The minimum Gasteiger partial charge on any atom is -0.338 e. The van der Waals surface area contributed by atoms with E-state index in [9.17, 15) is 9.59 Å². The molecular weight excluding hydrogens is 392 g/mol. The lowest BCUT2D eigenvalue weighted by atomic mass is 9.96. The van der Waals surface area contributed by atoms with Gasteiger partial charge in [-0.2, -0.15) is 5.10 Å². The first-order chi connectivity index (χ1) is 14.1. The van der Waals surface area contributed by atoms with Gasteiger partial charge < -0.3 is 10.2 Å². The van der Waals surface area contributed by atoms with Crippen molar-refractivity contribution < 1.29 is 9.59 Å². The molecule has 1 fully saturated rings. The first-order valence-electron chi connectivity index (χ1n) is 9.27. The monoisotopic (exact) mass is 410 g/mol. The van der Waals surface area contributed by atoms with Crippen LogP contribution in [0.25, 0.3) is 5.82 Å². The molecule has 2 amide bonds.